The predicted molar refractivity (Wildman–Crippen MR) is 37.0 cm³/mol. The zero-order valence-corrected chi connectivity index (χ0v) is 5.46. The van der Waals surface area contributed by atoms with E-state index in [0.29, 0.717) is 0 Å². The quantitative estimate of drug-likeness (QED) is 0.309. The number of rotatable bonds is 1. The molecule has 0 radical (unpaired) electrons. The highest BCUT2D eigenvalue weighted by molar-refractivity contribution is 5.36. The minimum Gasteiger partial charge on any atom is -0.239 e. The maximum atomic E-state index is 5.33. The number of hydrogen-bond acceptors (Lipinski definition) is 1. The number of hydrogen-bond donors (Lipinski definition) is 2. The highest BCUT2D eigenvalue weighted by Crippen LogP contribution is 2.04. The van der Waals surface area contributed by atoms with Gasteiger partial charge in [-0.05, 0) is 6.92 Å². The zero-order chi connectivity index (χ0) is 6.69. The van der Waals surface area contributed by atoms with E-state index in [2.05, 4.69) is 0 Å². The van der Waals surface area contributed by atoms with Crippen molar-refractivity contribution >= 4 is 5.69 Å². The van der Waals surface area contributed by atoms with Crippen LogP contribution in [0.5, 0.6) is 0 Å². The average Bonchev–Trinajstić information content (AvgIpc) is 1.89. The number of nitrogens with two attached hydrogens (primary N) is 2. The Hall–Kier alpha value is -0.860. The Morgan fingerprint density at radius 3 is 2.44 bits per heavy atom. The van der Waals surface area contributed by atoms with Crippen molar-refractivity contribution in [2.45, 2.75) is 6.92 Å². The predicted octanol–water partition coefficient (Wildman–Crippen LogP) is 0.0636. The van der Waals surface area contributed by atoms with Crippen LogP contribution in [-0.4, -0.2) is 0 Å². The molecule has 0 unspecified atom stereocenters. The van der Waals surface area contributed by atoms with Crippen LogP contribution in [0.25, 0.3) is 0 Å². The molecule has 0 atom stereocenters. The van der Waals surface area contributed by atoms with E-state index in [1.807, 2.05) is 31.2 Å². The van der Waals surface area contributed by atoms with Crippen LogP contribution in [0.4, 0.5) is 5.69 Å². The molecule has 2 heteroatoms. The van der Waals surface area contributed by atoms with Crippen molar-refractivity contribution < 1.29 is 5.43 Å². The highest BCUT2D eigenvalue weighted by Gasteiger charge is 1.94. The van der Waals surface area contributed by atoms with E-state index in [1.54, 1.807) is 5.43 Å². The molecule has 0 amide bonds. The lowest BCUT2D eigenvalue weighted by molar-refractivity contribution is -0.584. The molecule has 1 aromatic rings. The van der Waals surface area contributed by atoms with Crippen molar-refractivity contribution in [1.82, 2.24) is 0 Å². The molecule has 0 saturated heterocycles. The van der Waals surface area contributed by atoms with Crippen LogP contribution in [0.1, 0.15) is 5.56 Å². The first-order valence-corrected chi connectivity index (χ1v) is 2.95. The molecule has 48 valence electrons. The van der Waals surface area contributed by atoms with E-state index in [9.17, 15) is 0 Å². The topological polar surface area (TPSA) is 42.6 Å². The maximum absolute atomic E-state index is 5.33. The monoisotopic (exact) mass is 123 g/mol. The summed E-state index contributed by atoms with van der Waals surface area (Å²) < 4.78 is 0. The van der Waals surface area contributed by atoms with Crippen molar-refractivity contribution in [2.75, 3.05) is 0 Å². The second kappa shape index (κ2) is 2.62. The Morgan fingerprint density at radius 1 is 1.33 bits per heavy atom. The third-order valence-corrected chi connectivity index (χ3v) is 1.37. The Bertz CT molecular complexity index is 196. The van der Waals surface area contributed by atoms with Gasteiger partial charge in [0.1, 0.15) is 0 Å². The molecule has 2 nitrogen and oxygen atoms in total. The van der Waals surface area contributed by atoms with Crippen LogP contribution in [0, 0.1) is 6.92 Å². The summed E-state index contributed by atoms with van der Waals surface area (Å²) in [5, 5.41) is 0. The van der Waals surface area contributed by atoms with E-state index in [1.165, 1.54) is 5.56 Å². The van der Waals surface area contributed by atoms with Gasteiger partial charge in [-0.3, -0.25) is 0 Å². The van der Waals surface area contributed by atoms with E-state index in [0.717, 1.165) is 5.69 Å². The molecule has 1 aromatic carbocycles. The summed E-state index contributed by atoms with van der Waals surface area (Å²) in [6.07, 6.45) is 0. The van der Waals surface area contributed by atoms with E-state index >= 15 is 0 Å². The third-order valence-electron chi connectivity index (χ3n) is 1.37. The summed E-state index contributed by atoms with van der Waals surface area (Å²) in [6, 6.07) is 8.02. The van der Waals surface area contributed by atoms with E-state index in [-0.39, 0.29) is 0 Å². The summed E-state index contributed by atoms with van der Waals surface area (Å²) in [5.41, 5.74) is 3.95. The van der Waals surface area contributed by atoms with Crippen LogP contribution in [-0.2, 0) is 0 Å². The van der Waals surface area contributed by atoms with Crippen LogP contribution >= 0.6 is 0 Å². The molecular formula is C7H11N2+. The highest BCUT2D eigenvalue weighted by atomic mass is 15.2. The van der Waals surface area contributed by atoms with Crippen LogP contribution in [0.2, 0.25) is 0 Å². The van der Waals surface area contributed by atoms with Gasteiger partial charge in [-0.2, -0.15) is 5.84 Å². The number of benzene rings is 1. The summed E-state index contributed by atoms with van der Waals surface area (Å²) in [6.45, 7) is 2.04. The molecule has 0 aliphatic rings. The maximum Gasteiger partial charge on any atom is 0.151 e. The number of quaternary nitrogens is 1. The normalized spacial score (nSPS) is 9.56. The van der Waals surface area contributed by atoms with Crippen molar-refractivity contribution in [1.29, 1.82) is 0 Å². The van der Waals surface area contributed by atoms with Gasteiger partial charge in [-0.25, -0.2) is 5.43 Å². The van der Waals surface area contributed by atoms with Gasteiger partial charge >= 0.3 is 0 Å². The summed E-state index contributed by atoms with van der Waals surface area (Å²) >= 11 is 0. The lowest BCUT2D eigenvalue weighted by atomic mass is 10.2. The van der Waals surface area contributed by atoms with E-state index < -0.39 is 0 Å². The molecule has 0 spiro atoms. The Morgan fingerprint density at radius 2 is 2.00 bits per heavy atom. The molecule has 0 bridgehead atoms. The summed E-state index contributed by atoms with van der Waals surface area (Å²) in [7, 11) is 0. The second-order valence-electron chi connectivity index (χ2n) is 2.02. The zero-order valence-electron chi connectivity index (χ0n) is 5.46. The molecule has 4 N–H and O–H groups in total. The van der Waals surface area contributed by atoms with Crippen LogP contribution < -0.4 is 11.3 Å². The first kappa shape index (κ1) is 6.26. The van der Waals surface area contributed by atoms with Gasteiger partial charge in [0.25, 0.3) is 0 Å². The van der Waals surface area contributed by atoms with Gasteiger partial charge in [0.05, 0.1) is 0 Å². The van der Waals surface area contributed by atoms with Crippen molar-refractivity contribution in [3.8, 4) is 0 Å². The molecule has 0 saturated carbocycles. The van der Waals surface area contributed by atoms with Crippen molar-refractivity contribution in [2.24, 2.45) is 5.84 Å². The lowest BCUT2D eigenvalue weighted by Gasteiger charge is -1.95. The van der Waals surface area contributed by atoms with Gasteiger partial charge in [0, 0.05) is 11.6 Å². The van der Waals surface area contributed by atoms with Crippen LogP contribution in [0.15, 0.2) is 24.3 Å². The smallest absolute Gasteiger partial charge is 0.151 e. The third kappa shape index (κ3) is 1.28. The first-order valence-electron chi connectivity index (χ1n) is 2.95. The van der Waals surface area contributed by atoms with E-state index in [4.69, 9.17) is 5.84 Å². The largest absolute Gasteiger partial charge is 0.239 e. The van der Waals surface area contributed by atoms with Gasteiger partial charge < -0.3 is 0 Å². The van der Waals surface area contributed by atoms with Crippen molar-refractivity contribution in [3.05, 3.63) is 29.8 Å². The fourth-order valence-electron chi connectivity index (χ4n) is 0.774. The standard InChI is InChI=1S/C7H10N2/c1-6-4-2-3-5-7(6)9-8/h2-5,9H,8H2,1H3/p+1. The Labute approximate surface area is 54.7 Å². The molecule has 9 heavy (non-hydrogen) atoms. The van der Waals surface area contributed by atoms with Gasteiger partial charge in [0.2, 0.25) is 0 Å². The second-order valence-corrected chi connectivity index (χ2v) is 2.02. The summed E-state index contributed by atoms with van der Waals surface area (Å²) in [4.78, 5) is 0. The Balaban J connectivity index is 3.01. The molecule has 0 heterocycles. The molecule has 0 aliphatic heterocycles. The first-order chi connectivity index (χ1) is 4.34. The van der Waals surface area contributed by atoms with Gasteiger partial charge in [-0.15, -0.1) is 0 Å². The SMILES string of the molecule is Cc1ccccc1[NH2+]N. The minimum absolute atomic E-state index is 1.11. The fourth-order valence-corrected chi connectivity index (χ4v) is 0.774. The number of aryl methyl sites for hydroxylation is 1. The van der Waals surface area contributed by atoms with Gasteiger partial charge in [-0.1, -0.05) is 18.2 Å². The van der Waals surface area contributed by atoms with Crippen LogP contribution in [0.3, 0.4) is 0 Å². The van der Waals surface area contributed by atoms with Crippen molar-refractivity contribution in [3.63, 3.8) is 0 Å². The lowest BCUT2D eigenvalue weighted by Crippen LogP contribution is -2.85. The fraction of sp³-hybridized carbons (Fsp3) is 0.143. The molecule has 0 aliphatic carbocycles. The molecule has 0 fully saturated rings. The Kier molecular flexibility index (Phi) is 1.82. The van der Waals surface area contributed by atoms with Gasteiger partial charge in [0.15, 0.2) is 5.69 Å². The minimum atomic E-state index is 1.11. The summed E-state index contributed by atoms with van der Waals surface area (Å²) in [5.74, 6) is 5.33. The molecular weight excluding hydrogens is 112 g/mol. The molecule has 0 aromatic heterocycles. The average molecular weight is 123 g/mol. The molecule has 1 rings (SSSR count).